The van der Waals surface area contributed by atoms with Gasteiger partial charge in [-0.25, -0.2) is 9.97 Å². The lowest BCUT2D eigenvalue weighted by molar-refractivity contribution is 0.629. The Hall–Kier alpha value is -2.30. The highest BCUT2D eigenvalue weighted by molar-refractivity contribution is 5.62. The van der Waals surface area contributed by atoms with Gasteiger partial charge in [0.25, 0.3) is 0 Å². The fourth-order valence-corrected chi connectivity index (χ4v) is 2.57. The zero-order valence-electron chi connectivity index (χ0n) is 15.6. The van der Waals surface area contributed by atoms with Gasteiger partial charge in [-0.1, -0.05) is 0 Å². The topological polar surface area (TPSA) is 53.1 Å². The van der Waals surface area contributed by atoms with Crippen LogP contribution in [0.2, 0.25) is 0 Å². The molecule has 2 aromatic rings. The Morgan fingerprint density at radius 1 is 0.958 bits per heavy atom. The quantitative estimate of drug-likeness (QED) is 0.813. The minimum Gasteiger partial charge on any atom is -0.372 e. The molecule has 1 aromatic heterocycles. The smallest absolute Gasteiger partial charge is 0.136 e. The Balaban J connectivity index is 2.16. The summed E-state index contributed by atoms with van der Waals surface area (Å²) in [5.41, 5.74) is 2.22. The monoisotopic (exact) mass is 327 g/mol. The third-order valence-electron chi connectivity index (χ3n) is 3.61. The van der Waals surface area contributed by atoms with Crippen molar-refractivity contribution in [2.24, 2.45) is 0 Å². The Morgan fingerprint density at radius 3 is 2.08 bits per heavy atom. The molecule has 0 amide bonds. The van der Waals surface area contributed by atoms with Gasteiger partial charge >= 0.3 is 0 Å². The van der Waals surface area contributed by atoms with E-state index >= 15 is 0 Å². The molecule has 2 N–H and O–H groups in total. The van der Waals surface area contributed by atoms with Crippen LogP contribution in [0.5, 0.6) is 0 Å². The fourth-order valence-electron chi connectivity index (χ4n) is 2.57. The van der Waals surface area contributed by atoms with Crippen molar-refractivity contribution in [2.75, 3.05) is 28.6 Å². The van der Waals surface area contributed by atoms with Gasteiger partial charge < -0.3 is 15.5 Å². The number of hydrogen-bond acceptors (Lipinski definition) is 5. The molecule has 24 heavy (non-hydrogen) atoms. The first-order chi connectivity index (χ1) is 11.3. The Bertz CT molecular complexity index is 654. The first kappa shape index (κ1) is 18.0. The lowest BCUT2D eigenvalue weighted by Crippen LogP contribution is -2.26. The van der Waals surface area contributed by atoms with Crippen LogP contribution in [-0.2, 0) is 0 Å². The predicted molar refractivity (Wildman–Crippen MR) is 103 cm³/mol. The maximum atomic E-state index is 4.48. The van der Waals surface area contributed by atoms with Gasteiger partial charge in [-0.05, 0) is 65.8 Å². The molecule has 0 aliphatic rings. The van der Waals surface area contributed by atoms with E-state index in [4.69, 9.17) is 0 Å². The van der Waals surface area contributed by atoms with E-state index in [1.165, 1.54) is 5.69 Å². The maximum Gasteiger partial charge on any atom is 0.136 e. The van der Waals surface area contributed by atoms with Crippen LogP contribution in [0.15, 0.2) is 30.3 Å². The number of nitrogens with one attached hydrogen (secondary N) is 2. The highest BCUT2D eigenvalue weighted by atomic mass is 15.1. The molecule has 0 unspecified atom stereocenters. The van der Waals surface area contributed by atoms with E-state index in [1.807, 2.05) is 13.0 Å². The summed E-state index contributed by atoms with van der Waals surface area (Å²) in [5, 5.41) is 6.75. The van der Waals surface area contributed by atoms with Crippen molar-refractivity contribution in [1.29, 1.82) is 0 Å². The van der Waals surface area contributed by atoms with Crippen LogP contribution in [0.1, 0.15) is 40.4 Å². The van der Waals surface area contributed by atoms with Gasteiger partial charge in [0.1, 0.15) is 17.5 Å². The van der Waals surface area contributed by atoms with Gasteiger partial charge in [-0.3, -0.25) is 0 Å². The third-order valence-corrected chi connectivity index (χ3v) is 3.61. The Kier molecular flexibility index (Phi) is 5.65. The normalized spacial score (nSPS) is 11.2. The minimum atomic E-state index is -0.0382. The highest BCUT2D eigenvalue weighted by Gasteiger charge is 2.12. The fraction of sp³-hybridized carbons (Fsp3) is 0.474. The van der Waals surface area contributed by atoms with Gasteiger partial charge in [-0.2, -0.15) is 0 Å². The highest BCUT2D eigenvalue weighted by Crippen LogP contribution is 2.22. The predicted octanol–water partition coefficient (Wildman–Crippen LogP) is 4.59. The molecule has 0 aliphatic carbocycles. The SMILES string of the molecule is CCN(CC)c1ccc(Nc2cc(NC(C)(C)C)nc(C)n2)cc1. The van der Waals surface area contributed by atoms with E-state index < -0.39 is 0 Å². The molecule has 0 spiro atoms. The average molecular weight is 327 g/mol. The van der Waals surface area contributed by atoms with Gasteiger partial charge in [0.2, 0.25) is 0 Å². The standard InChI is InChI=1S/C19H29N5/c1-7-24(8-2)16-11-9-15(10-12-16)22-17-13-18(21-14(3)20-17)23-19(4,5)6/h9-13H,7-8H2,1-6H3,(H2,20,21,22,23). The van der Waals surface area contributed by atoms with Crippen LogP contribution in [0.25, 0.3) is 0 Å². The molecule has 0 saturated carbocycles. The number of anilines is 4. The molecule has 0 radical (unpaired) electrons. The largest absolute Gasteiger partial charge is 0.372 e. The van der Waals surface area contributed by atoms with E-state index in [0.717, 1.165) is 36.2 Å². The summed E-state index contributed by atoms with van der Waals surface area (Å²) in [6, 6.07) is 10.4. The number of nitrogens with zero attached hydrogens (tertiary/aromatic N) is 3. The van der Waals surface area contributed by atoms with Crippen molar-refractivity contribution in [3.8, 4) is 0 Å². The first-order valence-corrected chi connectivity index (χ1v) is 8.56. The van der Waals surface area contributed by atoms with Gasteiger partial charge in [0.15, 0.2) is 0 Å². The molecular formula is C19H29N5. The van der Waals surface area contributed by atoms with Crippen LogP contribution in [0, 0.1) is 6.92 Å². The summed E-state index contributed by atoms with van der Waals surface area (Å²) in [7, 11) is 0. The number of rotatable bonds is 6. The molecule has 130 valence electrons. The summed E-state index contributed by atoms with van der Waals surface area (Å²) in [6.07, 6.45) is 0. The second-order valence-electron chi connectivity index (χ2n) is 6.90. The lowest BCUT2D eigenvalue weighted by Gasteiger charge is -2.22. The van der Waals surface area contributed by atoms with E-state index in [-0.39, 0.29) is 5.54 Å². The van der Waals surface area contributed by atoms with Crippen LogP contribution in [0.4, 0.5) is 23.0 Å². The van der Waals surface area contributed by atoms with Crippen molar-refractivity contribution in [3.05, 3.63) is 36.2 Å². The second kappa shape index (κ2) is 7.51. The molecule has 1 aromatic carbocycles. The minimum absolute atomic E-state index is 0.0382. The summed E-state index contributed by atoms with van der Waals surface area (Å²) in [4.78, 5) is 11.3. The maximum absolute atomic E-state index is 4.48. The molecule has 1 heterocycles. The molecule has 2 rings (SSSR count). The summed E-state index contributed by atoms with van der Waals surface area (Å²) in [5.74, 6) is 2.37. The number of aryl methyl sites for hydroxylation is 1. The zero-order valence-corrected chi connectivity index (χ0v) is 15.6. The van der Waals surface area contributed by atoms with Crippen molar-refractivity contribution >= 4 is 23.0 Å². The third kappa shape index (κ3) is 5.11. The number of hydrogen-bond donors (Lipinski definition) is 2. The molecule has 0 atom stereocenters. The van der Waals surface area contributed by atoms with Gasteiger partial charge in [0.05, 0.1) is 0 Å². The molecule has 0 saturated heterocycles. The van der Waals surface area contributed by atoms with Crippen LogP contribution < -0.4 is 15.5 Å². The van der Waals surface area contributed by atoms with Crippen LogP contribution >= 0.6 is 0 Å². The molecule has 5 heteroatoms. The van der Waals surface area contributed by atoms with Crippen molar-refractivity contribution in [1.82, 2.24) is 9.97 Å². The molecule has 0 bridgehead atoms. The molecular weight excluding hydrogens is 298 g/mol. The van der Waals surface area contributed by atoms with Crippen molar-refractivity contribution in [2.45, 2.75) is 47.1 Å². The van der Waals surface area contributed by atoms with E-state index in [2.05, 4.69) is 84.4 Å². The van der Waals surface area contributed by atoms with Gasteiger partial charge in [-0.15, -0.1) is 0 Å². The summed E-state index contributed by atoms with van der Waals surface area (Å²) < 4.78 is 0. The van der Waals surface area contributed by atoms with Gasteiger partial charge in [0, 0.05) is 36.1 Å². The first-order valence-electron chi connectivity index (χ1n) is 8.56. The van der Waals surface area contributed by atoms with Crippen molar-refractivity contribution in [3.63, 3.8) is 0 Å². The Morgan fingerprint density at radius 2 is 1.54 bits per heavy atom. The van der Waals surface area contributed by atoms with E-state index in [9.17, 15) is 0 Å². The second-order valence-corrected chi connectivity index (χ2v) is 6.90. The molecule has 0 aliphatic heterocycles. The van der Waals surface area contributed by atoms with Crippen molar-refractivity contribution < 1.29 is 0 Å². The Labute approximate surface area is 145 Å². The number of aromatic nitrogens is 2. The summed E-state index contributed by atoms with van der Waals surface area (Å²) in [6.45, 7) is 14.6. The zero-order chi connectivity index (χ0) is 17.7. The van der Waals surface area contributed by atoms with Crippen LogP contribution in [-0.4, -0.2) is 28.6 Å². The molecule has 0 fully saturated rings. The van der Waals surface area contributed by atoms with E-state index in [1.54, 1.807) is 0 Å². The lowest BCUT2D eigenvalue weighted by atomic mass is 10.1. The van der Waals surface area contributed by atoms with Crippen LogP contribution in [0.3, 0.4) is 0 Å². The summed E-state index contributed by atoms with van der Waals surface area (Å²) >= 11 is 0. The molecule has 5 nitrogen and oxygen atoms in total. The van der Waals surface area contributed by atoms with E-state index in [0.29, 0.717) is 0 Å². The average Bonchev–Trinajstić information content (AvgIpc) is 2.47. The number of benzene rings is 1.